The van der Waals surface area contributed by atoms with E-state index in [1.807, 2.05) is 35.2 Å². The predicted molar refractivity (Wildman–Crippen MR) is 121 cm³/mol. The van der Waals surface area contributed by atoms with Crippen LogP contribution in [0.5, 0.6) is 17.2 Å². The van der Waals surface area contributed by atoms with Crippen molar-refractivity contribution in [2.45, 2.75) is 24.3 Å². The number of nitrogens with zero attached hydrogens (tertiary/aromatic N) is 2. The normalized spacial score (nSPS) is 24.0. The monoisotopic (exact) mass is 474 g/mol. The molecule has 0 radical (unpaired) electrons. The SMILES string of the molecule is COc1ccc(CC(=O)N=C2S[C@@H]3CS(=O)(=O)C[C@@H]3N2Cc2ccc3c(c2)OCO3)cc1. The molecule has 0 saturated carbocycles. The Morgan fingerprint density at radius 1 is 1.12 bits per heavy atom. The second kappa shape index (κ2) is 8.32. The van der Waals surface area contributed by atoms with Gasteiger partial charge in [-0.15, -0.1) is 0 Å². The third-order valence-electron chi connectivity index (χ3n) is 5.70. The molecule has 10 heteroatoms. The lowest BCUT2D eigenvalue weighted by molar-refractivity contribution is -0.117. The molecule has 0 aromatic heterocycles. The first kappa shape index (κ1) is 21.1. The summed E-state index contributed by atoms with van der Waals surface area (Å²) in [6.45, 7) is 0.628. The van der Waals surface area contributed by atoms with Crippen LogP contribution in [-0.4, -0.2) is 61.1 Å². The summed E-state index contributed by atoms with van der Waals surface area (Å²) in [5.41, 5.74) is 1.78. The summed E-state index contributed by atoms with van der Waals surface area (Å²) in [5.74, 6) is 1.99. The number of aliphatic imine (C=N–C) groups is 1. The zero-order valence-electron chi connectivity index (χ0n) is 17.4. The van der Waals surface area contributed by atoms with E-state index < -0.39 is 9.84 Å². The fraction of sp³-hybridized carbons (Fsp3) is 0.364. The average Bonchev–Trinajstić information content (AvgIpc) is 3.42. The molecule has 0 unspecified atom stereocenters. The van der Waals surface area contributed by atoms with Gasteiger partial charge in [-0.3, -0.25) is 4.79 Å². The Hall–Kier alpha value is -2.72. The Morgan fingerprint density at radius 3 is 2.66 bits per heavy atom. The molecule has 32 heavy (non-hydrogen) atoms. The maximum Gasteiger partial charge on any atom is 0.252 e. The number of carbonyl (C=O) groups is 1. The van der Waals surface area contributed by atoms with Gasteiger partial charge >= 0.3 is 0 Å². The summed E-state index contributed by atoms with van der Waals surface area (Å²) in [6, 6.07) is 12.7. The number of amidine groups is 1. The van der Waals surface area contributed by atoms with Crippen molar-refractivity contribution in [3.63, 3.8) is 0 Å². The molecule has 2 aromatic carbocycles. The van der Waals surface area contributed by atoms with E-state index in [1.54, 1.807) is 19.2 Å². The molecular weight excluding hydrogens is 452 g/mol. The van der Waals surface area contributed by atoms with Crippen molar-refractivity contribution in [2.75, 3.05) is 25.4 Å². The van der Waals surface area contributed by atoms with Gasteiger partial charge in [0.15, 0.2) is 26.5 Å². The van der Waals surface area contributed by atoms with Crippen molar-refractivity contribution in [1.29, 1.82) is 0 Å². The molecule has 3 aliphatic rings. The third-order valence-corrected chi connectivity index (χ3v) is 8.95. The molecule has 2 saturated heterocycles. The molecule has 5 rings (SSSR count). The molecule has 8 nitrogen and oxygen atoms in total. The van der Waals surface area contributed by atoms with Crippen molar-refractivity contribution >= 4 is 32.7 Å². The fourth-order valence-corrected chi connectivity index (χ4v) is 8.09. The van der Waals surface area contributed by atoms with Crippen LogP contribution in [0.15, 0.2) is 47.5 Å². The van der Waals surface area contributed by atoms with E-state index in [9.17, 15) is 13.2 Å². The summed E-state index contributed by atoms with van der Waals surface area (Å²) in [7, 11) is -1.51. The zero-order chi connectivity index (χ0) is 22.3. The molecule has 2 atom stereocenters. The summed E-state index contributed by atoms with van der Waals surface area (Å²) >= 11 is 1.38. The van der Waals surface area contributed by atoms with Gasteiger partial charge in [-0.05, 0) is 35.4 Å². The molecular formula is C22H22N2O6S2. The molecule has 168 valence electrons. The van der Waals surface area contributed by atoms with Crippen LogP contribution >= 0.6 is 11.8 Å². The van der Waals surface area contributed by atoms with E-state index in [2.05, 4.69) is 4.99 Å². The largest absolute Gasteiger partial charge is 0.497 e. The second-order valence-electron chi connectivity index (χ2n) is 7.93. The number of carbonyl (C=O) groups excluding carboxylic acids is 1. The molecule has 0 aliphatic carbocycles. The first-order valence-electron chi connectivity index (χ1n) is 10.2. The number of benzene rings is 2. The summed E-state index contributed by atoms with van der Waals surface area (Å²) in [5, 5.41) is 0.452. The molecule has 1 amide bonds. The van der Waals surface area contributed by atoms with Crippen molar-refractivity contribution in [3.05, 3.63) is 53.6 Å². The molecule has 2 fully saturated rings. The number of hydrogen-bond acceptors (Lipinski definition) is 7. The van der Waals surface area contributed by atoms with Gasteiger partial charge in [-0.25, -0.2) is 8.42 Å². The highest BCUT2D eigenvalue weighted by Gasteiger charge is 2.48. The minimum absolute atomic E-state index is 0.0703. The van der Waals surface area contributed by atoms with E-state index in [1.165, 1.54) is 11.8 Å². The van der Waals surface area contributed by atoms with Gasteiger partial charge in [0.2, 0.25) is 6.79 Å². The van der Waals surface area contributed by atoms with Crippen LogP contribution in [0.3, 0.4) is 0 Å². The Morgan fingerprint density at radius 2 is 1.88 bits per heavy atom. The number of ether oxygens (including phenoxy) is 3. The highest BCUT2D eigenvalue weighted by molar-refractivity contribution is 8.15. The summed E-state index contributed by atoms with van der Waals surface area (Å²) < 4.78 is 40.4. The van der Waals surface area contributed by atoms with Crippen molar-refractivity contribution < 1.29 is 27.4 Å². The molecule has 2 aromatic rings. The lowest BCUT2D eigenvalue weighted by Gasteiger charge is -2.24. The topological polar surface area (TPSA) is 94.5 Å². The maximum atomic E-state index is 12.7. The number of hydrogen-bond donors (Lipinski definition) is 0. The van der Waals surface area contributed by atoms with Gasteiger partial charge in [0.1, 0.15) is 5.75 Å². The van der Waals surface area contributed by atoms with Gasteiger partial charge < -0.3 is 19.1 Å². The molecule has 0 bridgehead atoms. The fourth-order valence-electron chi connectivity index (χ4n) is 4.12. The minimum Gasteiger partial charge on any atom is -0.497 e. The van der Waals surface area contributed by atoms with E-state index in [-0.39, 0.29) is 41.9 Å². The minimum atomic E-state index is -3.11. The van der Waals surface area contributed by atoms with Gasteiger partial charge in [0, 0.05) is 11.8 Å². The van der Waals surface area contributed by atoms with Gasteiger partial charge in [0.25, 0.3) is 5.91 Å². The lowest BCUT2D eigenvalue weighted by Crippen LogP contribution is -2.37. The van der Waals surface area contributed by atoms with Crippen LogP contribution in [0.1, 0.15) is 11.1 Å². The first-order chi connectivity index (χ1) is 15.4. The van der Waals surface area contributed by atoms with Crippen LogP contribution < -0.4 is 14.2 Å². The number of thioether (sulfide) groups is 1. The summed E-state index contributed by atoms with van der Waals surface area (Å²) in [4.78, 5) is 19.0. The number of methoxy groups -OCH3 is 1. The predicted octanol–water partition coefficient (Wildman–Crippen LogP) is 2.26. The van der Waals surface area contributed by atoms with Crippen LogP contribution in [-0.2, 0) is 27.6 Å². The highest BCUT2D eigenvalue weighted by Crippen LogP contribution is 2.40. The van der Waals surface area contributed by atoms with E-state index in [4.69, 9.17) is 14.2 Å². The smallest absolute Gasteiger partial charge is 0.252 e. The average molecular weight is 475 g/mol. The maximum absolute atomic E-state index is 12.7. The van der Waals surface area contributed by atoms with E-state index in [0.717, 1.165) is 16.9 Å². The molecule has 0 N–H and O–H groups in total. The Kier molecular flexibility index (Phi) is 5.50. The molecule has 3 heterocycles. The number of sulfone groups is 1. The van der Waals surface area contributed by atoms with Crippen LogP contribution in [0.25, 0.3) is 0 Å². The van der Waals surface area contributed by atoms with Crippen molar-refractivity contribution in [1.82, 2.24) is 4.90 Å². The standard InChI is InChI=1S/C22H22N2O6S2/c1-28-16-5-2-14(3-6-16)9-21(25)23-22-24(17-11-32(26,27)12-20(17)31-22)10-15-4-7-18-19(8-15)30-13-29-18/h2-8,17,20H,9-13H2,1H3/t17-,20+/m0/s1. The second-order valence-corrected chi connectivity index (χ2v) is 11.3. The zero-order valence-corrected chi connectivity index (χ0v) is 19.0. The number of fused-ring (bicyclic) bond motifs is 2. The number of rotatable bonds is 5. The van der Waals surface area contributed by atoms with Gasteiger partial charge in [-0.2, -0.15) is 4.99 Å². The Labute approximate surface area is 190 Å². The lowest BCUT2D eigenvalue weighted by atomic mass is 10.1. The Bertz CT molecular complexity index is 1180. The quantitative estimate of drug-likeness (QED) is 0.652. The highest BCUT2D eigenvalue weighted by atomic mass is 32.2. The van der Waals surface area contributed by atoms with Gasteiger partial charge in [-0.1, -0.05) is 30.0 Å². The summed E-state index contributed by atoms with van der Waals surface area (Å²) in [6.07, 6.45) is 0.166. The third kappa shape index (κ3) is 4.29. The van der Waals surface area contributed by atoms with Crippen molar-refractivity contribution in [3.8, 4) is 17.2 Å². The van der Waals surface area contributed by atoms with E-state index in [0.29, 0.717) is 23.2 Å². The van der Waals surface area contributed by atoms with Gasteiger partial charge in [0.05, 0.1) is 31.1 Å². The van der Waals surface area contributed by atoms with Crippen molar-refractivity contribution in [2.24, 2.45) is 4.99 Å². The van der Waals surface area contributed by atoms with Crippen LogP contribution in [0, 0.1) is 0 Å². The van der Waals surface area contributed by atoms with Crippen LogP contribution in [0.4, 0.5) is 0 Å². The molecule has 3 aliphatic heterocycles. The van der Waals surface area contributed by atoms with Crippen LogP contribution in [0.2, 0.25) is 0 Å². The Balaban J connectivity index is 1.37. The first-order valence-corrected chi connectivity index (χ1v) is 12.9. The van der Waals surface area contributed by atoms with E-state index >= 15 is 0 Å². The number of amides is 1. The molecule has 0 spiro atoms.